The average Bonchev–Trinajstić information content (AvgIpc) is 1.96. The molecule has 0 aliphatic heterocycles. The van der Waals surface area contributed by atoms with Crippen molar-refractivity contribution in [1.82, 2.24) is 5.32 Å². The molecule has 0 radical (unpaired) electrons. The van der Waals surface area contributed by atoms with Gasteiger partial charge in [0.1, 0.15) is 0 Å². The number of hydrogen-bond acceptors (Lipinski definition) is 3. The summed E-state index contributed by atoms with van der Waals surface area (Å²) in [7, 11) is 0. The number of nitrogens with one attached hydrogen (secondary N) is 1. The molecule has 0 aromatic carbocycles. The highest BCUT2D eigenvalue weighted by Crippen LogP contribution is 2.21. The molecule has 0 rings (SSSR count). The van der Waals surface area contributed by atoms with Crippen LogP contribution in [0.25, 0.3) is 0 Å². The van der Waals surface area contributed by atoms with Crippen molar-refractivity contribution in [2.24, 2.45) is 5.41 Å². The van der Waals surface area contributed by atoms with Crippen molar-refractivity contribution < 1.29 is 10.2 Å². The molecule has 3 N–H and O–H groups in total. The number of rotatable bonds is 4. The molecule has 0 amide bonds. The Hall–Kier alpha value is -0.120. The van der Waals surface area contributed by atoms with Crippen LogP contribution in [-0.4, -0.2) is 35.0 Å². The Bertz CT molecular complexity index is 140. The first-order valence-electron chi connectivity index (χ1n) is 4.84. The minimum atomic E-state index is -0.692. The van der Waals surface area contributed by atoms with Gasteiger partial charge in [-0.3, -0.25) is 0 Å². The van der Waals surface area contributed by atoms with Crippen molar-refractivity contribution in [3.05, 3.63) is 0 Å². The Balaban J connectivity index is 3.90. The Morgan fingerprint density at radius 3 is 1.92 bits per heavy atom. The van der Waals surface area contributed by atoms with E-state index >= 15 is 0 Å². The monoisotopic (exact) mass is 189 g/mol. The lowest BCUT2D eigenvalue weighted by Gasteiger charge is -2.30. The first-order chi connectivity index (χ1) is 5.75. The topological polar surface area (TPSA) is 52.5 Å². The van der Waals surface area contributed by atoms with E-state index in [-0.39, 0.29) is 5.41 Å². The van der Waals surface area contributed by atoms with E-state index in [9.17, 15) is 10.2 Å². The lowest BCUT2D eigenvalue weighted by molar-refractivity contribution is -0.0433. The van der Waals surface area contributed by atoms with Gasteiger partial charge in [-0.2, -0.15) is 0 Å². The summed E-state index contributed by atoms with van der Waals surface area (Å²) in [6.07, 6.45) is -1.37. The smallest absolute Gasteiger partial charge is 0.0928 e. The van der Waals surface area contributed by atoms with E-state index in [2.05, 4.69) is 5.32 Å². The molecule has 0 aromatic heterocycles. The fourth-order valence-corrected chi connectivity index (χ4v) is 1.05. The second-order valence-corrected chi connectivity index (χ2v) is 4.94. The van der Waals surface area contributed by atoms with E-state index in [0.29, 0.717) is 12.6 Å². The average molecular weight is 189 g/mol. The van der Waals surface area contributed by atoms with Gasteiger partial charge in [0.2, 0.25) is 0 Å². The minimum Gasteiger partial charge on any atom is -0.390 e. The molecule has 13 heavy (non-hydrogen) atoms. The molecule has 3 nitrogen and oxygen atoms in total. The summed E-state index contributed by atoms with van der Waals surface area (Å²) in [5, 5.41) is 22.4. The highest BCUT2D eigenvalue weighted by molar-refractivity contribution is 4.81. The van der Waals surface area contributed by atoms with Gasteiger partial charge in [0.25, 0.3) is 0 Å². The van der Waals surface area contributed by atoms with Gasteiger partial charge < -0.3 is 15.5 Å². The molecule has 0 saturated carbocycles. The SMILES string of the molecule is CC(C)NC[C@@H](O)[C@H](O)C(C)(C)C. The molecule has 0 unspecified atom stereocenters. The van der Waals surface area contributed by atoms with Crippen LogP contribution in [0.1, 0.15) is 34.6 Å². The Kier molecular flexibility index (Phi) is 4.89. The molecule has 0 spiro atoms. The van der Waals surface area contributed by atoms with Crippen LogP contribution in [0.5, 0.6) is 0 Å². The van der Waals surface area contributed by atoms with Crippen molar-refractivity contribution >= 4 is 0 Å². The molecule has 0 fully saturated rings. The van der Waals surface area contributed by atoms with E-state index in [4.69, 9.17) is 0 Å². The summed E-state index contributed by atoms with van der Waals surface area (Å²) in [5.74, 6) is 0. The normalized spacial score (nSPS) is 17.5. The van der Waals surface area contributed by atoms with Crippen LogP contribution < -0.4 is 5.32 Å². The van der Waals surface area contributed by atoms with Crippen LogP contribution in [0.4, 0.5) is 0 Å². The molecule has 0 aliphatic rings. The fourth-order valence-electron chi connectivity index (χ4n) is 1.05. The van der Waals surface area contributed by atoms with Crippen molar-refractivity contribution in [3.63, 3.8) is 0 Å². The van der Waals surface area contributed by atoms with E-state index in [1.54, 1.807) is 0 Å². The molecular formula is C10H23NO2. The summed E-state index contributed by atoms with van der Waals surface area (Å²) in [5.41, 5.74) is -0.266. The zero-order valence-electron chi connectivity index (χ0n) is 9.33. The maximum atomic E-state index is 9.68. The van der Waals surface area contributed by atoms with Crippen LogP contribution in [-0.2, 0) is 0 Å². The van der Waals surface area contributed by atoms with Crippen LogP contribution >= 0.6 is 0 Å². The quantitative estimate of drug-likeness (QED) is 0.612. The predicted molar refractivity (Wildman–Crippen MR) is 54.6 cm³/mol. The van der Waals surface area contributed by atoms with E-state index in [0.717, 1.165) is 0 Å². The Morgan fingerprint density at radius 1 is 1.15 bits per heavy atom. The maximum absolute atomic E-state index is 9.68. The van der Waals surface area contributed by atoms with Gasteiger partial charge in [-0.05, 0) is 5.41 Å². The van der Waals surface area contributed by atoms with Gasteiger partial charge in [-0.25, -0.2) is 0 Å². The van der Waals surface area contributed by atoms with Gasteiger partial charge in [0.15, 0.2) is 0 Å². The number of aliphatic hydroxyl groups is 2. The molecule has 80 valence electrons. The molecule has 3 heteroatoms. The van der Waals surface area contributed by atoms with Crippen LogP contribution in [0.3, 0.4) is 0 Å². The van der Waals surface area contributed by atoms with E-state index in [1.807, 2.05) is 34.6 Å². The Labute approximate surface area is 81.2 Å². The number of hydrogen-bond donors (Lipinski definition) is 3. The highest BCUT2D eigenvalue weighted by Gasteiger charge is 2.28. The summed E-state index contributed by atoms with van der Waals surface area (Å²) >= 11 is 0. The minimum absolute atomic E-state index is 0.266. The van der Waals surface area contributed by atoms with Gasteiger partial charge in [-0.15, -0.1) is 0 Å². The highest BCUT2D eigenvalue weighted by atomic mass is 16.3. The van der Waals surface area contributed by atoms with Crippen molar-refractivity contribution in [2.75, 3.05) is 6.54 Å². The third-order valence-electron chi connectivity index (χ3n) is 1.99. The van der Waals surface area contributed by atoms with E-state index < -0.39 is 12.2 Å². The lowest BCUT2D eigenvalue weighted by Crippen LogP contribution is -2.44. The van der Waals surface area contributed by atoms with Gasteiger partial charge >= 0.3 is 0 Å². The predicted octanol–water partition coefficient (Wildman–Crippen LogP) is 0.752. The first-order valence-corrected chi connectivity index (χ1v) is 4.84. The second-order valence-electron chi connectivity index (χ2n) is 4.94. The third-order valence-corrected chi connectivity index (χ3v) is 1.99. The zero-order valence-corrected chi connectivity index (χ0v) is 9.33. The summed E-state index contributed by atoms with van der Waals surface area (Å²) in [4.78, 5) is 0. The van der Waals surface area contributed by atoms with Gasteiger partial charge in [0, 0.05) is 12.6 Å². The van der Waals surface area contributed by atoms with Crippen molar-refractivity contribution in [1.29, 1.82) is 0 Å². The molecule has 0 heterocycles. The zero-order chi connectivity index (χ0) is 10.6. The van der Waals surface area contributed by atoms with Crippen molar-refractivity contribution in [2.45, 2.75) is 52.9 Å². The summed E-state index contributed by atoms with van der Waals surface area (Å²) < 4.78 is 0. The first kappa shape index (κ1) is 12.9. The van der Waals surface area contributed by atoms with Crippen molar-refractivity contribution in [3.8, 4) is 0 Å². The lowest BCUT2D eigenvalue weighted by atomic mass is 9.86. The molecule has 0 aromatic rings. The van der Waals surface area contributed by atoms with E-state index in [1.165, 1.54) is 0 Å². The maximum Gasteiger partial charge on any atom is 0.0928 e. The Morgan fingerprint density at radius 2 is 1.62 bits per heavy atom. The summed E-state index contributed by atoms with van der Waals surface area (Å²) in [6, 6.07) is 0.335. The molecule has 2 atom stereocenters. The molecule has 0 aliphatic carbocycles. The van der Waals surface area contributed by atoms with Gasteiger partial charge in [0.05, 0.1) is 12.2 Å². The second kappa shape index (κ2) is 4.94. The molecule has 0 bridgehead atoms. The largest absolute Gasteiger partial charge is 0.390 e. The third kappa shape index (κ3) is 5.24. The van der Waals surface area contributed by atoms with Crippen LogP contribution in [0, 0.1) is 5.41 Å². The van der Waals surface area contributed by atoms with Crippen LogP contribution in [0.15, 0.2) is 0 Å². The molecule has 0 saturated heterocycles. The fraction of sp³-hybridized carbons (Fsp3) is 1.00. The number of aliphatic hydroxyl groups excluding tert-OH is 2. The van der Waals surface area contributed by atoms with Crippen LogP contribution in [0.2, 0.25) is 0 Å². The standard InChI is InChI=1S/C10H23NO2/c1-7(2)11-6-8(12)9(13)10(3,4)5/h7-9,11-13H,6H2,1-5H3/t8-,9+/m1/s1. The molecular weight excluding hydrogens is 166 g/mol. The van der Waals surface area contributed by atoms with Gasteiger partial charge in [-0.1, -0.05) is 34.6 Å². The summed E-state index contributed by atoms with van der Waals surface area (Å²) in [6.45, 7) is 10.2.